The first-order valence-corrected chi connectivity index (χ1v) is 8.02. The standard InChI is InChI=1S/C16H17N5O3/c1(5-14-19-16(21-24-14)12-6-8-22-10-12)4-13-18-15(20-23-13)11-3-2-7-17-9-11/h2-3,7,9,12H,1,4-6,8,10H2. The van der Waals surface area contributed by atoms with Gasteiger partial charge in [-0.3, -0.25) is 4.98 Å². The van der Waals surface area contributed by atoms with E-state index in [1.807, 2.05) is 12.1 Å². The maximum atomic E-state index is 5.34. The summed E-state index contributed by atoms with van der Waals surface area (Å²) in [5, 5.41) is 8.02. The Morgan fingerprint density at radius 1 is 1.08 bits per heavy atom. The zero-order chi connectivity index (χ0) is 16.2. The summed E-state index contributed by atoms with van der Waals surface area (Å²) in [5.41, 5.74) is 0.841. The normalized spacial score (nSPS) is 17.4. The van der Waals surface area contributed by atoms with Gasteiger partial charge in [-0.2, -0.15) is 9.97 Å². The summed E-state index contributed by atoms with van der Waals surface area (Å²) >= 11 is 0. The number of ether oxygens (including phenoxy) is 1. The summed E-state index contributed by atoms with van der Waals surface area (Å²) in [7, 11) is 0. The molecular formula is C16H17N5O3. The molecule has 0 amide bonds. The highest BCUT2D eigenvalue weighted by Gasteiger charge is 2.23. The van der Waals surface area contributed by atoms with Crippen LogP contribution in [0.1, 0.15) is 36.4 Å². The Morgan fingerprint density at radius 3 is 2.75 bits per heavy atom. The molecule has 1 aliphatic rings. The van der Waals surface area contributed by atoms with E-state index in [9.17, 15) is 0 Å². The Hall–Kier alpha value is -2.61. The lowest BCUT2D eigenvalue weighted by atomic mass is 10.1. The predicted molar refractivity (Wildman–Crippen MR) is 82.0 cm³/mol. The third kappa shape index (κ3) is 3.33. The molecule has 0 bridgehead atoms. The summed E-state index contributed by atoms with van der Waals surface area (Å²) in [6.45, 7) is 1.45. The van der Waals surface area contributed by atoms with Crippen LogP contribution < -0.4 is 0 Å². The molecule has 4 heterocycles. The van der Waals surface area contributed by atoms with E-state index in [4.69, 9.17) is 13.8 Å². The summed E-state index contributed by atoms with van der Waals surface area (Å²) in [5.74, 6) is 2.81. The number of hydrogen-bond donors (Lipinski definition) is 0. The number of aromatic nitrogens is 5. The van der Waals surface area contributed by atoms with E-state index in [2.05, 4.69) is 25.3 Å². The van der Waals surface area contributed by atoms with Crippen LogP contribution in [0.25, 0.3) is 11.4 Å². The third-order valence-corrected chi connectivity index (χ3v) is 3.95. The van der Waals surface area contributed by atoms with E-state index < -0.39 is 0 Å². The van der Waals surface area contributed by atoms with Crippen LogP contribution in [-0.4, -0.2) is 38.5 Å². The number of pyridine rings is 1. The molecule has 1 atom stereocenters. The van der Waals surface area contributed by atoms with Crippen molar-refractivity contribution in [3.8, 4) is 11.4 Å². The van der Waals surface area contributed by atoms with Gasteiger partial charge in [-0.25, -0.2) is 0 Å². The van der Waals surface area contributed by atoms with Gasteiger partial charge in [0.15, 0.2) is 5.82 Å². The minimum Gasteiger partial charge on any atom is -0.381 e. The van der Waals surface area contributed by atoms with Gasteiger partial charge in [0.05, 0.1) is 6.61 Å². The zero-order valence-corrected chi connectivity index (χ0v) is 13.1. The molecule has 0 radical (unpaired) electrons. The lowest BCUT2D eigenvalue weighted by Crippen LogP contribution is -2.00. The van der Waals surface area contributed by atoms with Crippen molar-refractivity contribution in [2.45, 2.75) is 31.6 Å². The molecule has 0 N–H and O–H groups in total. The van der Waals surface area contributed by atoms with Crippen LogP contribution in [0.3, 0.4) is 0 Å². The molecular weight excluding hydrogens is 310 g/mol. The lowest BCUT2D eigenvalue weighted by molar-refractivity contribution is 0.192. The number of nitrogens with zero attached hydrogens (tertiary/aromatic N) is 5. The molecule has 1 saturated heterocycles. The van der Waals surface area contributed by atoms with Crippen LogP contribution in [-0.2, 0) is 17.6 Å². The topological polar surface area (TPSA) is 100.0 Å². The van der Waals surface area contributed by atoms with Gasteiger partial charge in [-0.1, -0.05) is 10.3 Å². The highest BCUT2D eigenvalue weighted by Crippen LogP contribution is 2.22. The molecule has 1 unspecified atom stereocenters. The summed E-state index contributed by atoms with van der Waals surface area (Å²) in [6, 6.07) is 3.74. The van der Waals surface area contributed by atoms with Crippen molar-refractivity contribution < 1.29 is 13.8 Å². The van der Waals surface area contributed by atoms with E-state index in [1.54, 1.807) is 12.4 Å². The molecule has 124 valence electrons. The quantitative estimate of drug-likeness (QED) is 0.679. The first-order chi connectivity index (χ1) is 11.9. The average molecular weight is 327 g/mol. The van der Waals surface area contributed by atoms with Crippen molar-refractivity contribution in [2.75, 3.05) is 13.2 Å². The largest absolute Gasteiger partial charge is 0.381 e. The van der Waals surface area contributed by atoms with Gasteiger partial charge in [0.25, 0.3) is 0 Å². The second-order valence-electron chi connectivity index (χ2n) is 5.71. The molecule has 24 heavy (non-hydrogen) atoms. The van der Waals surface area contributed by atoms with Crippen LogP contribution in [0, 0.1) is 0 Å². The van der Waals surface area contributed by atoms with Gasteiger partial charge in [-0.05, 0) is 25.0 Å². The Labute approximate surface area is 138 Å². The van der Waals surface area contributed by atoms with Crippen LogP contribution in [0.2, 0.25) is 0 Å². The van der Waals surface area contributed by atoms with Crippen LogP contribution >= 0.6 is 0 Å². The SMILES string of the molecule is c1cncc(-c2noc(CCCc3nc(C4CCOC4)no3)n2)c1. The molecule has 0 aromatic carbocycles. The van der Waals surface area contributed by atoms with Crippen molar-refractivity contribution in [1.82, 2.24) is 25.3 Å². The van der Waals surface area contributed by atoms with Gasteiger partial charge >= 0.3 is 0 Å². The van der Waals surface area contributed by atoms with Crippen LogP contribution in [0.5, 0.6) is 0 Å². The molecule has 0 aliphatic carbocycles. The van der Waals surface area contributed by atoms with Crippen molar-refractivity contribution >= 4 is 0 Å². The average Bonchev–Trinajstić information content (AvgIpc) is 3.37. The fraction of sp³-hybridized carbons (Fsp3) is 0.438. The molecule has 3 aromatic heterocycles. The molecule has 4 rings (SSSR count). The number of aryl methyl sites for hydroxylation is 2. The van der Waals surface area contributed by atoms with E-state index in [1.165, 1.54) is 0 Å². The Morgan fingerprint density at radius 2 is 1.96 bits per heavy atom. The fourth-order valence-corrected chi connectivity index (χ4v) is 2.63. The molecule has 8 nitrogen and oxygen atoms in total. The van der Waals surface area contributed by atoms with Gasteiger partial charge in [-0.15, -0.1) is 0 Å². The van der Waals surface area contributed by atoms with Crippen molar-refractivity contribution in [3.63, 3.8) is 0 Å². The van der Waals surface area contributed by atoms with Crippen LogP contribution in [0.15, 0.2) is 33.6 Å². The van der Waals surface area contributed by atoms with Crippen molar-refractivity contribution in [1.29, 1.82) is 0 Å². The highest BCUT2D eigenvalue weighted by molar-refractivity contribution is 5.51. The van der Waals surface area contributed by atoms with Gasteiger partial charge in [0.1, 0.15) is 0 Å². The smallest absolute Gasteiger partial charge is 0.226 e. The molecule has 1 aliphatic heterocycles. The molecule has 0 saturated carbocycles. The van der Waals surface area contributed by atoms with Gasteiger partial charge in [0, 0.05) is 43.3 Å². The predicted octanol–water partition coefficient (Wildman–Crippen LogP) is 2.19. The monoisotopic (exact) mass is 327 g/mol. The second-order valence-corrected chi connectivity index (χ2v) is 5.71. The molecule has 8 heteroatoms. The van der Waals surface area contributed by atoms with E-state index in [-0.39, 0.29) is 5.92 Å². The first-order valence-electron chi connectivity index (χ1n) is 8.02. The van der Waals surface area contributed by atoms with Gasteiger partial charge in [0.2, 0.25) is 17.6 Å². The van der Waals surface area contributed by atoms with Crippen molar-refractivity contribution in [3.05, 3.63) is 42.1 Å². The molecule has 1 fully saturated rings. The maximum Gasteiger partial charge on any atom is 0.226 e. The van der Waals surface area contributed by atoms with E-state index >= 15 is 0 Å². The fourth-order valence-electron chi connectivity index (χ4n) is 2.63. The Bertz CT molecular complexity index is 780. The first kappa shape index (κ1) is 14.9. The zero-order valence-electron chi connectivity index (χ0n) is 13.1. The maximum absolute atomic E-state index is 5.34. The molecule has 0 spiro atoms. The lowest BCUT2D eigenvalue weighted by Gasteiger charge is -1.97. The minimum absolute atomic E-state index is 0.264. The Kier molecular flexibility index (Phi) is 4.28. The highest BCUT2D eigenvalue weighted by atomic mass is 16.5. The third-order valence-electron chi connectivity index (χ3n) is 3.95. The van der Waals surface area contributed by atoms with Crippen molar-refractivity contribution in [2.24, 2.45) is 0 Å². The van der Waals surface area contributed by atoms with E-state index in [0.717, 1.165) is 30.8 Å². The van der Waals surface area contributed by atoms with Crippen LogP contribution in [0.4, 0.5) is 0 Å². The summed E-state index contributed by atoms with van der Waals surface area (Å²) in [4.78, 5) is 12.9. The molecule has 3 aromatic rings. The summed E-state index contributed by atoms with van der Waals surface area (Å²) < 4.78 is 15.9. The second kappa shape index (κ2) is 6.88. The Balaban J connectivity index is 1.31. The number of hydrogen-bond acceptors (Lipinski definition) is 8. The van der Waals surface area contributed by atoms with E-state index in [0.29, 0.717) is 37.1 Å². The summed E-state index contributed by atoms with van der Waals surface area (Å²) in [6.07, 6.45) is 6.53. The van der Waals surface area contributed by atoms with Gasteiger partial charge < -0.3 is 13.8 Å². The number of rotatable bonds is 6. The minimum atomic E-state index is 0.264.